The van der Waals surface area contributed by atoms with Gasteiger partial charge in [0.15, 0.2) is 0 Å². The zero-order valence-electron chi connectivity index (χ0n) is 12.1. The van der Waals surface area contributed by atoms with Crippen molar-refractivity contribution in [1.29, 1.82) is 0 Å². The molecule has 1 aliphatic heterocycles. The number of hydrogen-bond donors (Lipinski definition) is 1. The molecule has 0 amide bonds. The van der Waals surface area contributed by atoms with Crippen molar-refractivity contribution >= 4 is 5.69 Å². The minimum absolute atomic E-state index is 0.487. The van der Waals surface area contributed by atoms with Crippen molar-refractivity contribution in [3.05, 3.63) is 29.8 Å². The Hall–Kier alpha value is -1.06. The summed E-state index contributed by atoms with van der Waals surface area (Å²) in [6.07, 6.45) is 3.25. The lowest BCUT2D eigenvalue weighted by Gasteiger charge is -2.39. The average molecular weight is 259 g/mol. The first-order chi connectivity index (χ1) is 9.29. The Balaban J connectivity index is 1.68. The quantitative estimate of drug-likeness (QED) is 0.895. The van der Waals surface area contributed by atoms with Crippen LogP contribution in [0.25, 0.3) is 0 Å². The highest BCUT2D eigenvalue weighted by atomic mass is 15.3. The van der Waals surface area contributed by atoms with Crippen LogP contribution in [0.5, 0.6) is 0 Å². The third-order valence-corrected chi connectivity index (χ3v) is 4.57. The molecule has 3 rings (SSSR count). The van der Waals surface area contributed by atoms with Gasteiger partial charge in [-0.25, -0.2) is 0 Å². The van der Waals surface area contributed by atoms with Crippen molar-refractivity contribution in [3.8, 4) is 0 Å². The Morgan fingerprint density at radius 1 is 1.11 bits per heavy atom. The average Bonchev–Trinajstić information content (AvgIpc) is 3.31. The Morgan fingerprint density at radius 2 is 1.79 bits per heavy atom. The lowest BCUT2D eigenvalue weighted by molar-refractivity contribution is 0.176. The molecule has 0 spiro atoms. The second-order valence-corrected chi connectivity index (χ2v) is 5.82. The molecule has 2 aliphatic rings. The molecule has 3 nitrogen and oxygen atoms in total. The summed E-state index contributed by atoms with van der Waals surface area (Å²) in [5.74, 6) is 0.838. The topological polar surface area (TPSA) is 18.5 Å². The minimum Gasteiger partial charge on any atom is -0.369 e. The van der Waals surface area contributed by atoms with Crippen LogP contribution in [0.4, 0.5) is 5.69 Å². The van der Waals surface area contributed by atoms with Gasteiger partial charge in [0, 0.05) is 31.9 Å². The van der Waals surface area contributed by atoms with Gasteiger partial charge in [-0.3, -0.25) is 4.90 Å². The Labute approximate surface area is 116 Å². The molecule has 1 saturated heterocycles. The van der Waals surface area contributed by atoms with Crippen LogP contribution in [-0.2, 0) is 0 Å². The molecule has 1 atom stereocenters. The van der Waals surface area contributed by atoms with Crippen LogP contribution in [0.3, 0.4) is 0 Å². The fraction of sp³-hybridized carbons (Fsp3) is 0.625. The second kappa shape index (κ2) is 5.51. The number of para-hydroxylation sites is 1. The predicted octanol–water partition coefficient (Wildman–Crippen LogP) is 2.25. The summed E-state index contributed by atoms with van der Waals surface area (Å²) in [5.41, 5.74) is 3.07. The summed E-state index contributed by atoms with van der Waals surface area (Å²) in [7, 11) is 2.04. The van der Waals surface area contributed by atoms with Crippen molar-refractivity contribution < 1.29 is 0 Å². The number of nitrogens with one attached hydrogen (secondary N) is 1. The lowest BCUT2D eigenvalue weighted by Crippen LogP contribution is -2.53. The van der Waals surface area contributed by atoms with Crippen molar-refractivity contribution in [3.63, 3.8) is 0 Å². The normalized spacial score (nSPS) is 22.5. The van der Waals surface area contributed by atoms with Gasteiger partial charge in [-0.05, 0) is 44.4 Å². The van der Waals surface area contributed by atoms with Gasteiger partial charge in [0.1, 0.15) is 0 Å². The Bertz CT molecular complexity index is 420. The van der Waals surface area contributed by atoms with E-state index in [1.165, 1.54) is 18.5 Å². The maximum Gasteiger partial charge on any atom is 0.0566 e. The largest absolute Gasteiger partial charge is 0.369 e. The number of piperazine rings is 1. The predicted molar refractivity (Wildman–Crippen MR) is 80.7 cm³/mol. The Morgan fingerprint density at radius 3 is 2.42 bits per heavy atom. The lowest BCUT2D eigenvalue weighted by atomic mass is 10.1. The third kappa shape index (κ3) is 2.77. The van der Waals surface area contributed by atoms with Gasteiger partial charge in [0.2, 0.25) is 0 Å². The first-order valence-corrected chi connectivity index (χ1v) is 7.55. The fourth-order valence-electron chi connectivity index (χ4n) is 3.05. The molecule has 104 valence electrons. The molecule has 1 aliphatic carbocycles. The third-order valence-electron chi connectivity index (χ3n) is 4.57. The SMILES string of the molecule is CNC(C)N1CCN(c2ccccc2C2CC2)CC1. The molecule has 1 heterocycles. The molecule has 1 aromatic carbocycles. The first-order valence-electron chi connectivity index (χ1n) is 7.55. The monoisotopic (exact) mass is 259 g/mol. The Kier molecular flexibility index (Phi) is 3.76. The minimum atomic E-state index is 0.487. The summed E-state index contributed by atoms with van der Waals surface area (Å²) in [6, 6.07) is 9.01. The van der Waals surface area contributed by atoms with E-state index in [1.807, 2.05) is 7.05 Å². The number of anilines is 1. The van der Waals surface area contributed by atoms with Crippen molar-refractivity contribution in [2.75, 3.05) is 38.1 Å². The zero-order chi connectivity index (χ0) is 13.2. The summed E-state index contributed by atoms with van der Waals surface area (Å²) >= 11 is 0. The summed E-state index contributed by atoms with van der Waals surface area (Å²) in [4.78, 5) is 5.10. The van der Waals surface area contributed by atoms with Crippen LogP contribution in [0, 0.1) is 0 Å². The van der Waals surface area contributed by atoms with Gasteiger partial charge in [-0.15, -0.1) is 0 Å². The van der Waals surface area contributed by atoms with E-state index in [0.29, 0.717) is 6.17 Å². The van der Waals surface area contributed by atoms with E-state index in [1.54, 1.807) is 5.56 Å². The molecule has 19 heavy (non-hydrogen) atoms. The highest BCUT2D eigenvalue weighted by Gasteiger charge is 2.28. The molecule has 2 fully saturated rings. The van der Waals surface area contributed by atoms with Crippen LogP contribution < -0.4 is 10.2 Å². The summed E-state index contributed by atoms with van der Waals surface area (Å²) in [5, 5.41) is 3.34. The highest BCUT2D eigenvalue weighted by molar-refractivity contribution is 5.56. The second-order valence-electron chi connectivity index (χ2n) is 5.82. The van der Waals surface area contributed by atoms with E-state index >= 15 is 0 Å². The number of rotatable bonds is 4. The molecule has 1 aromatic rings. The van der Waals surface area contributed by atoms with E-state index in [9.17, 15) is 0 Å². The first kappa shape index (κ1) is 12.9. The standard InChI is InChI=1S/C16H25N3/c1-13(17-2)18-9-11-19(12-10-18)16-6-4-3-5-15(16)14-7-8-14/h3-6,13-14,17H,7-12H2,1-2H3. The smallest absolute Gasteiger partial charge is 0.0566 e. The molecular formula is C16H25N3. The summed E-state index contributed by atoms with van der Waals surface area (Å²) < 4.78 is 0. The number of hydrogen-bond acceptors (Lipinski definition) is 3. The van der Waals surface area contributed by atoms with E-state index in [4.69, 9.17) is 0 Å². The van der Waals surface area contributed by atoms with E-state index < -0.39 is 0 Å². The van der Waals surface area contributed by atoms with Crippen molar-refractivity contribution in [2.24, 2.45) is 0 Å². The molecule has 1 unspecified atom stereocenters. The van der Waals surface area contributed by atoms with Crippen LogP contribution in [0.2, 0.25) is 0 Å². The van der Waals surface area contributed by atoms with Crippen molar-refractivity contribution in [1.82, 2.24) is 10.2 Å². The molecule has 0 radical (unpaired) electrons. The number of benzene rings is 1. The fourth-order valence-corrected chi connectivity index (χ4v) is 3.05. The van der Waals surface area contributed by atoms with Crippen LogP contribution in [0.1, 0.15) is 31.2 Å². The highest BCUT2D eigenvalue weighted by Crippen LogP contribution is 2.44. The van der Waals surface area contributed by atoms with E-state index in [2.05, 4.69) is 46.3 Å². The molecular weight excluding hydrogens is 234 g/mol. The van der Waals surface area contributed by atoms with Crippen LogP contribution in [-0.4, -0.2) is 44.3 Å². The molecule has 1 saturated carbocycles. The summed E-state index contributed by atoms with van der Waals surface area (Å²) in [6.45, 7) is 6.85. The molecule has 0 bridgehead atoms. The maximum atomic E-state index is 3.34. The van der Waals surface area contributed by atoms with Gasteiger partial charge >= 0.3 is 0 Å². The van der Waals surface area contributed by atoms with Crippen LogP contribution in [0.15, 0.2) is 24.3 Å². The number of nitrogens with zero attached hydrogens (tertiary/aromatic N) is 2. The van der Waals surface area contributed by atoms with E-state index in [0.717, 1.165) is 32.1 Å². The van der Waals surface area contributed by atoms with Gasteiger partial charge in [-0.2, -0.15) is 0 Å². The molecule has 1 N–H and O–H groups in total. The van der Waals surface area contributed by atoms with Crippen molar-refractivity contribution in [2.45, 2.75) is 31.8 Å². The zero-order valence-corrected chi connectivity index (χ0v) is 12.1. The van der Waals surface area contributed by atoms with E-state index in [-0.39, 0.29) is 0 Å². The molecule has 0 aromatic heterocycles. The van der Waals surface area contributed by atoms with Gasteiger partial charge < -0.3 is 10.2 Å². The maximum absolute atomic E-state index is 3.34. The molecule has 3 heteroatoms. The van der Waals surface area contributed by atoms with Gasteiger partial charge in [0.05, 0.1) is 6.17 Å². The van der Waals surface area contributed by atoms with Gasteiger partial charge in [0.25, 0.3) is 0 Å². The van der Waals surface area contributed by atoms with Gasteiger partial charge in [-0.1, -0.05) is 18.2 Å². The van der Waals surface area contributed by atoms with Crippen LogP contribution >= 0.6 is 0 Å².